The lowest BCUT2D eigenvalue weighted by Crippen LogP contribution is -1.97. The predicted octanol–water partition coefficient (Wildman–Crippen LogP) is 4.11. The Morgan fingerprint density at radius 1 is 1.27 bits per heavy atom. The molecule has 0 radical (unpaired) electrons. The molecular formula is C20H17FN4O. The molecule has 6 heteroatoms. The lowest BCUT2D eigenvalue weighted by atomic mass is 10.0. The molecule has 130 valence electrons. The third-order valence-electron chi connectivity index (χ3n) is 4.94. The van der Waals surface area contributed by atoms with Crippen LogP contribution in [0, 0.1) is 6.92 Å². The minimum absolute atomic E-state index is 0.223. The summed E-state index contributed by atoms with van der Waals surface area (Å²) in [5, 5.41) is 4.03. The van der Waals surface area contributed by atoms with Crippen LogP contribution in [0.5, 0.6) is 0 Å². The molecule has 1 saturated carbocycles. The minimum Gasteiger partial charge on any atom is -0.339 e. The maximum atomic E-state index is 13.2. The lowest BCUT2D eigenvalue weighted by Gasteiger charge is -2.07. The lowest BCUT2D eigenvalue weighted by molar-refractivity contribution is 0.363. The number of alkyl halides is 1. The van der Waals surface area contributed by atoms with Crippen LogP contribution in [0.3, 0.4) is 0 Å². The van der Waals surface area contributed by atoms with Gasteiger partial charge in [0.2, 0.25) is 11.7 Å². The van der Waals surface area contributed by atoms with E-state index >= 15 is 0 Å². The number of pyridine rings is 1. The first-order chi connectivity index (χ1) is 12.7. The Kier molecular flexibility index (Phi) is 3.38. The van der Waals surface area contributed by atoms with Gasteiger partial charge in [-0.3, -0.25) is 0 Å². The fraction of sp³-hybridized carbons (Fsp3) is 0.250. The molecule has 0 N–H and O–H groups in total. The van der Waals surface area contributed by atoms with Crippen LogP contribution in [0.15, 0.2) is 53.3 Å². The maximum Gasteiger partial charge on any atom is 0.233 e. The van der Waals surface area contributed by atoms with Crippen LogP contribution in [0.1, 0.15) is 35.1 Å². The molecule has 0 unspecified atom stereocenters. The van der Waals surface area contributed by atoms with Gasteiger partial charge in [0.1, 0.15) is 11.8 Å². The number of benzene rings is 1. The predicted molar refractivity (Wildman–Crippen MR) is 94.7 cm³/mol. The average Bonchev–Trinajstić information content (AvgIpc) is 3.07. The Labute approximate surface area is 149 Å². The van der Waals surface area contributed by atoms with Gasteiger partial charge in [0.05, 0.1) is 5.92 Å². The second-order valence-corrected chi connectivity index (χ2v) is 6.81. The molecule has 2 atom stereocenters. The van der Waals surface area contributed by atoms with Gasteiger partial charge in [-0.1, -0.05) is 23.4 Å². The van der Waals surface area contributed by atoms with Gasteiger partial charge in [-0.25, -0.2) is 9.37 Å². The molecule has 3 heterocycles. The highest BCUT2D eigenvalue weighted by Crippen LogP contribution is 2.43. The standard InChI is InChI=1S/C20H17FN4O/c1-12-5-6-13(19-23-20(26-24-19)16-10-17(16)21)8-14(12)9-15-11-22-18-4-2-3-7-25(15)18/h2-8,11,16-17H,9-10H2,1H3/t16-,17-/m0/s1. The fourth-order valence-corrected chi connectivity index (χ4v) is 3.23. The molecule has 5 nitrogen and oxygen atoms in total. The van der Waals surface area contributed by atoms with Crippen molar-refractivity contribution in [3.63, 3.8) is 0 Å². The van der Waals surface area contributed by atoms with Crippen LogP contribution in [0.25, 0.3) is 17.0 Å². The molecule has 0 aliphatic heterocycles. The van der Waals surface area contributed by atoms with Crippen molar-refractivity contribution in [2.75, 3.05) is 0 Å². The van der Waals surface area contributed by atoms with Crippen LogP contribution < -0.4 is 0 Å². The van der Waals surface area contributed by atoms with Gasteiger partial charge in [-0.2, -0.15) is 4.98 Å². The van der Waals surface area contributed by atoms with Crippen molar-refractivity contribution in [3.05, 3.63) is 71.5 Å². The van der Waals surface area contributed by atoms with E-state index in [1.807, 2.05) is 36.7 Å². The van der Waals surface area contributed by atoms with E-state index in [0.29, 0.717) is 18.1 Å². The van der Waals surface area contributed by atoms with Crippen molar-refractivity contribution >= 4 is 5.65 Å². The van der Waals surface area contributed by atoms with Crippen LogP contribution in [-0.4, -0.2) is 25.7 Å². The third kappa shape index (κ3) is 2.58. The molecule has 0 amide bonds. The molecule has 1 aliphatic rings. The SMILES string of the molecule is Cc1ccc(-c2noc([C@H]3C[C@@H]3F)n2)cc1Cc1cnc2ccccn12. The summed E-state index contributed by atoms with van der Waals surface area (Å²) in [6.07, 6.45) is 4.32. The highest BCUT2D eigenvalue weighted by molar-refractivity contribution is 5.57. The number of imidazole rings is 1. The fourth-order valence-electron chi connectivity index (χ4n) is 3.23. The van der Waals surface area contributed by atoms with Crippen molar-refractivity contribution in [2.24, 2.45) is 0 Å². The molecule has 0 spiro atoms. The molecule has 5 rings (SSSR count). The number of rotatable bonds is 4. The van der Waals surface area contributed by atoms with Gasteiger partial charge < -0.3 is 8.92 Å². The van der Waals surface area contributed by atoms with Gasteiger partial charge in [0.15, 0.2) is 0 Å². The van der Waals surface area contributed by atoms with Gasteiger partial charge in [0, 0.05) is 30.1 Å². The number of fused-ring (bicyclic) bond motifs is 1. The van der Waals surface area contributed by atoms with E-state index in [1.165, 1.54) is 11.1 Å². The first-order valence-corrected chi connectivity index (χ1v) is 8.67. The van der Waals surface area contributed by atoms with Crippen molar-refractivity contribution in [1.29, 1.82) is 0 Å². The van der Waals surface area contributed by atoms with Crippen molar-refractivity contribution in [1.82, 2.24) is 19.5 Å². The van der Waals surface area contributed by atoms with Gasteiger partial charge in [-0.15, -0.1) is 0 Å². The van der Waals surface area contributed by atoms with Crippen molar-refractivity contribution in [3.8, 4) is 11.4 Å². The van der Waals surface area contributed by atoms with Gasteiger partial charge in [-0.05, 0) is 42.7 Å². The zero-order chi connectivity index (χ0) is 17.7. The Hall–Kier alpha value is -3.02. The topological polar surface area (TPSA) is 56.2 Å². The largest absolute Gasteiger partial charge is 0.339 e. The minimum atomic E-state index is -0.841. The van der Waals surface area contributed by atoms with Crippen LogP contribution in [-0.2, 0) is 6.42 Å². The summed E-state index contributed by atoms with van der Waals surface area (Å²) in [5.74, 6) is 0.689. The summed E-state index contributed by atoms with van der Waals surface area (Å²) >= 11 is 0. The van der Waals surface area contributed by atoms with Crippen LogP contribution >= 0.6 is 0 Å². The van der Waals surface area contributed by atoms with Gasteiger partial charge in [0.25, 0.3) is 0 Å². The Balaban J connectivity index is 1.48. The highest BCUT2D eigenvalue weighted by Gasteiger charge is 2.43. The van der Waals surface area contributed by atoms with E-state index < -0.39 is 6.17 Å². The van der Waals surface area contributed by atoms with Crippen molar-refractivity contribution < 1.29 is 8.91 Å². The molecule has 3 aromatic heterocycles. The van der Waals surface area contributed by atoms with E-state index in [2.05, 4.69) is 38.6 Å². The normalized spacial score (nSPS) is 19.2. The molecular weight excluding hydrogens is 331 g/mol. The summed E-state index contributed by atoms with van der Waals surface area (Å²) < 4.78 is 20.5. The summed E-state index contributed by atoms with van der Waals surface area (Å²) in [4.78, 5) is 8.82. The second kappa shape index (κ2) is 5.76. The molecule has 1 aromatic carbocycles. The maximum absolute atomic E-state index is 13.2. The van der Waals surface area contributed by atoms with E-state index in [4.69, 9.17) is 4.52 Å². The molecule has 26 heavy (non-hydrogen) atoms. The molecule has 4 aromatic rings. The number of hydrogen-bond donors (Lipinski definition) is 0. The zero-order valence-corrected chi connectivity index (χ0v) is 14.3. The number of nitrogens with zero attached hydrogens (tertiary/aromatic N) is 4. The quantitative estimate of drug-likeness (QED) is 0.557. The Bertz CT molecular complexity index is 1100. The summed E-state index contributed by atoms with van der Waals surface area (Å²) in [6, 6.07) is 12.1. The Morgan fingerprint density at radius 2 is 2.15 bits per heavy atom. The third-order valence-corrected chi connectivity index (χ3v) is 4.94. The highest BCUT2D eigenvalue weighted by atomic mass is 19.1. The van der Waals surface area contributed by atoms with Gasteiger partial charge >= 0.3 is 0 Å². The summed E-state index contributed by atoms with van der Waals surface area (Å²) in [7, 11) is 0. The van der Waals surface area contributed by atoms with E-state index in [9.17, 15) is 4.39 Å². The van der Waals surface area contributed by atoms with E-state index in [0.717, 1.165) is 23.3 Å². The molecule has 0 saturated heterocycles. The van der Waals surface area contributed by atoms with Crippen molar-refractivity contribution in [2.45, 2.75) is 31.9 Å². The van der Waals surface area contributed by atoms with Crippen LogP contribution in [0.2, 0.25) is 0 Å². The first-order valence-electron chi connectivity index (χ1n) is 8.67. The number of halogens is 1. The van der Waals surface area contributed by atoms with E-state index in [1.54, 1.807) is 0 Å². The second-order valence-electron chi connectivity index (χ2n) is 6.81. The smallest absolute Gasteiger partial charge is 0.233 e. The van der Waals surface area contributed by atoms with E-state index in [-0.39, 0.29) is 5.92 Å². The molecule has 1 aliphatic carbocycles. The van der Waals surface area contributed by atoms with Crippen LogP contribution in [0.4, 0.5) is 4.39 Å². The Morgan fingerprint density at radius 3 is 3.00 bits per heavy atom. The number of aromatic nitrogens is 4. The first kappa shape index (κ1) is 15.3. The molecule has 0 bridgehead atoms. The number of aryl methyl sites for hydroxylation is 1. The molecule has 1 fully saturated rings. The average molecular weight is 348 g/mol. The summed E-state index contributed by atoms with van der Waals surface area (Å²) in [6.45, 7) is 2.09. The zero-order valence-electron chi connectivity index (χ0n) is 14.3. The summed E-state index contributed by atoms with van der Waals surface area (Å²) in [5.41, 5.74) is 5.30. The monoisotopic (exact) mass is 348 g/mol. The number of hydrogen-bond acceptors (Lipinski definition) is 4.